The van der Waals surface area contributed by atoms with Gasteiger partial charge in [-0.3, -0.25) is 0 Å². The maximum Gasteiger partial charge on any atom is 0.222 e. The van der Waals surface area contributed by atoms with Crippen LogP contribution in [0.4, 0.5) is 5.88 Å². The van der Waals surface area contributed by atoms with E-state index in [1.54, 1.807) is 20.3 Å². The number of ether oxygens (including phenoxy) is 2. The molecule has 0 aliphatic rings. The molecule has 0 amide bonds. The largest absolute Gasteiger partial charge is 0.496 e. The van der Waals surface area contributed by atoms with E-state index in [-0.39, 0.29) is 5.88 Å². The molecule has 0 spiro atoms. The molecule has 1 aromatic heterocycles. The highest BCUT2D eigenvalue weighted by atomic mass is 16.5. The third-order valence-corrected chi connectivity index (χ3v) is 3.41. The van der Waals surface area contributed by atoms with Crippen LogP contribution >= 0.6 is 0 Å². The lowest BCUT2D eigenvalue weighted by Gasteiger charge is -2.14. The average molecular weight is 296 g/mol. The number of benzene rings is 2. The van der Waals surface area contributed by atoms with Crippen LogP contribution in [-0.4, -0.2) is 19.4 Å². The second-order valence-electron chi connectivity index (χ2n) is 4.73. The first kappa shape index (κ1) is 14.0. The summed E-state index contributed by atoms with van der Waals surface area (Å²) in [7, 11) is 3.25. The van der Waals surface area contributed by atoms with Crippen molar-refractivity contribution < 1.29 is 14.0 Å². The van der Waals surface area contributed by atoms with E-state index in [9.17, 15) is 0 Å². The van der Waals surface area contributed by atoms with Gasteiger partial charge in [0.05, 0.1) is 14.2 Å². The highest BCUT2D eigenvalue weighted by molar-refractivity contribution is 5.80. The number of anilines is 1. The molecular formula is C17H16N2O3. The topological polar surface area (TPSA) is 70.5 Å². The number of nitrogens with two attached hydrogens (primary N) is 1. The highest BCUT2D eigenvalue weighted by Crippen LogP contribution is 2.40. The Hall–Kier alpha value is -2.95. The minimum atomic E-state index is 0.253. The van der Waals surface area contributed by atoms with Crippen molar-refractivity contribution in [2.75, 3.05) is 20.0 Å². The fourth-order valence-corrected chi connectivity index (χ4v) is 2.36. The van der Waals surface area contributed by atoms with Gasteiger partial charge in [-0.15, -0.1) is 0 Å². The minimum absolute atomic E-state index is 0.253. The molecule has 22 heavy (non-hydrogen) atoms. The van der Waals surface area contributed by atoms with Gasteiger partial charge in [-0.05, 0) is 17.7 Å². The molecule has 3 aromatic rings. The van der Waals surface area contributed by atoms with Gasteiger partial charge in [0.15, 0.2) is 0 Å². The number of hydrogen-bond acceptors (Lipinski definition) is 5. The normalized spacial score (nSPS) is 10.5. The van der Waals surface area contributed by atoms with Gasteiger partial charge in [-0.1, -0.05) is 35.5 Å². The second kappa shape index (κ2) is 5.81. The van der Waals surface area contributed by atoms with Crippen molar-refractivity contribution in [2.24, 2.45) is 0 Å². The van der Waals surface area contributed by atoms with Crippen molar-refractivity contribution in [2.45, 2.75) is 0 Å². The van der Waals surface area contributed by atoms with Crippen LogP contribution < -0.4 is 15.2 Å². The third-order valence-electron chi connectivity index (χ3n) is 3.41. The van der Waals surface area contributed by atoms with E-state index < -0.39 is 0 Å². The SMILES string of the molecule is COc1cc(-c2cc(N)on2)c(OC)cc1-c1ccccc1. The molecule has 0 saturated heterocycles. The number of hydrogen-bond donors (Lipinski definition) is 1. The molecule has 2 aromatic carbocycles. The Kier molecular flexibility index (Phi) is 3.70. The van der Waals surface area contributed by atoms with E-state index in [0.29, 0.717) is 11.4 Å². The van der Waals surface area contributed by atoms with E-state index in [1.807, 2.05) is 42.5 Å². The standard InChI is InChI=1S/C17H16N2O3/c1-20-15-9-13(14-10-17(18)22-19-14)16(21-2)8-12(15)11-6-4-3-5-7-11/h3-10H,18H2,1-2H3. The summed E-state index contributed by atoms with van der Waals surface area (Å²) in [6.45, 7) is 0. The third kappa shape index (κ3) is 2.48. The summed E-state index contributed by atoms with van der Waals surface area (Å²) in [5, 5.41) is 3.94. The lowest BCUT2D eigenvalue weighted by Crippen LogP contribution is -1.94. The van der Waals surface area contributed by atoms with Crippen LogP contribution in [0.1, 0.15) is 0 Å². The summed E-state index contributed by atoms with van der Waals surface area (Å²) in [6, 6.07) is 15.4. The fraction of sp³-hybridized carbons (Fsp3) is 0.118. The number of aromatic nitrogens is 1. The van der Waals surface area contributed by atoms with Crippen molar-refractivity contribution in [1.29, 1.82) is 0 Å². The van der Waals surface area contributed by atoms with Crippen molar-refractivity contribution in [1.82, 2.24) is 5.16 Å². The number of nitrogens with zero attached hydrogens (tertiary/aromatic N) is 1. The molecule has 0 bridgehead atoms. The molecule has 0 atom stereocenters. The molecule has 0 aliphatic heterocycles. The van der Waals surface area contributed by atoms with Crippen molar-refractivity contribution in [3.05, 3.63) is 48.5 Å². The van der Waals surface area contributed by atoms with Gasteiger partial charge in [-0.2, -0.15) is 0 Å². The summed E-state index contributed by atoms with van der Waals surface area (Å²) in [5.74, 6) is 1.65. The molecule has 0 radical (unpaired) electrons. The van der Waals surface area contributed by atoms with Crippen LogP contribution in [0.15, 0.2) is 53.1 Å². The summed E-state index contributed by atoms with van der Waals surface area (Å²) in [5.41, 5.74) is 8.95. The van der Waals surface area contributed by atoms with E-state index in [0.717, 1.165) is 22.4 Å². The van der Waals surface area contributed by atoms with Crippen LogP contribution in [-0.2, 0) is 0 Å². The molecule has 0 unspecified atom stereocenters. The number of rotatable bonds is 4. The summed E-state index contributed by atoms with van der Waals surface area (Å²) >= 11 is 0. The maximum atomic E-state index is 5.60. The summed E-state index contributed by atoms with van der Waals surface area (Å²) in [4.78, 5) is 0. The Balaban J connectivity index is 2.18. The molecule has 0 fully saturated rings. The second-order valence-corrected chi connectivity index (χ2v) is 4.73. The zero-order valence-electron chi connectivity index (χ0n) is 12.4. The predicted octanol–water partition coefficient (Wildman–Crippen LogP) is 3.61. The number of nitrogen functional groups attached to an aromatic ring is 1. The first-order valence-corrected chi connectivity index (χ1v) is 6.77. The van der Waals surface area contributed by atoms with Crippen LogP contribution in [0, 0.1) is 0 Å². The van der Waals surface area contributed by atoms with Gasteiger partial charge < -0.3 is 19.7 Å². The molecule has 5 nitrogen and oxygen atoms in total. The smallest absolute Gasteiger partial charge is 0.222 e. The molecule has 3 rings (SSSR count). The van der Waals surface area contributed by atoms with E-state index in [2.05, 4.69) is 5.16 Å². The van der Waals surface area contributed by atoms with Crippen LogP contribution in [0.25, 0.3) is 22.4 Å². The van der Waals surface area contributed by atoms with Crippen molar-refractivity contribution in [3.8, 4) is 33.9 Å². The molecule has 0 aliphatic carbocycles. The van der Waals surface area contributed by atoms with Gasteiger partial charge in [0.1, 0.15) is 17.2 Å². The lowest BCUT2D eigenvalue weighted by atomic mass is 10.0. The van der Waals surface area contributed by atoms with Crippen LogP contribution in [0.3, 0.4) is 0 Å². The van der Waals surface area contributed by atoms with Crippen LogP contribution in [0.2, 0.25) is 0 Å². The predicted molar refractivity (Wildman–Crippen MR) is 84.9 cm³/mol. The molecular weight excluding hydrogens is 280 g/mol. The summed E-state index contributed by atoms with van der Waals surface area (Å²) in [6.07, 6.45) is 0. The Morgan fingerprint density at radius 3 is 2.14 bits per heavy atom. The molecule has 5 heteroatoms. The highest BCUT2D eigenvalue weighted by Gasteiger charge is 2.16. The van der Waals surface area contributed by atoms with E-state index >= 15 is 0 Å². The van der Waals surface area contributed by atoms with Gasteiger partial charge in [-0.25, -0.2) is 0 Å². The van der Waals surface area contributed by atoms with Gasteiger partial charge in [0.2, 0.25) is 5.88 Å². The Bertz CT molecular complexity index is 782. The quantitative estimate of drug-likeness (QED) is 0.796. The monoisotopic (exact) mass is 296 g/mol. The Morgan fingerprint density at radius 2 is 1.55 bits per heavy atom. The Labute approximate surface area is 128 Å². The first-order chi connectivity index (χ1) is 10.7. The lowest BCUT2D eigenvalue weighted by molar-refractivity contribution is 0.404. The van der Waals surface area contributed by atoms with Gasteiger partial charge in [0, 0.05) is 17.2 Å². The minimum Gasteiger partial charge on any atom is -0.496 e. The molecule has 0 saturated carbocycles. The van der Waals surface area contributed by atoms with Gasteiger partial charge in [0.25, 0.3) is 0 Å². The van der Waals surface area contributed by atoms with Crippen molar-refractivity contribution in [3.63, 3.8) is 0 Å². The van der Waals surface area contributed by atoms with Crippen molar-refractivity contribution >= 4 is 5.88 Å². The molecule has 112 valence electrons. The maximum absolute atomic E-state index is 5.60. The van der Waals surface area contributed by atoms with E-state index in [1.165, 1.54) is 0 Å². The molecule has 2 N–H and O–H groups in total. The average Bonchev–Trinajstić information content (AvgIpc) is 3.00. The fourth-order valence-electron chi connectivity index (χ4n) is 2.36. The first-order valence-electron chi connectivity index (χ1n) is 6.77. The summed E-state index contributed by atoms with van der Waals surface area (Å²) < 4.78 is 16.0. The molecule has 1 heterocycles. The van der Waals surface area contributed by atoms with E-state index in [4.69, 9.17) is 19.7 Å². The van der Waals surface area contributed by atoms with Crippen LogP contribution in [0.5, 0.6) is 11.5 Å². The zero-order chi connectivity index (χ0) is 15.5. The zero-order valence-corrected chi connectivity index (χ0v) is 12.4. The number of methoxy groups -OCH3 is 2. The van der Waals surface area contributed by atoms with Gasteiger partial charge >= 0.3 is 0 Å². The Morgan fingerprint density at radius 1 is 0.909 bits per heavy atom.